The maximum Gasteiger partial charge on any atom is 0.393 e. The van der Waals surface area contributed by atoms with E-state index in [9.17, 15) is 18.0 Å². The van der Waals surface area contributed by atoms with Gasteiger partial charge in [-0.05, 0) is 26.3 Å². The Kier molecular flexibility index (Phi) is 4.76. The highest BCUT2D eigenvalue weighted by molar-refractivity contribution is 5.75. The first-order valence-corrected chi connectivity index (χ1v) is 5.64. The lowest BCUT2D eigenvalue weighted by atomic mass is 9.96. The van der Waals surface area contributed by atoms with Crippen molar-refractivity contribution in [1.82, 2.24) is 10.3 Å². The molecule has 4 nitrogen and oxygen atoms in total. The molecule has 1 fully saturated rings. The van der Waals surface area contributed by atoms with E-state index in [4.69, 9.17) is 5.84 Å². The van der Waals surface area contributed by atoms with Crippen molar-refractivity contribution in [3.63, 3.8) is 0 Å². The largest absolute Gasteiger partial charge is 0.393 e. The molecule has 0 aliphatic carbocycles. The molecule has 1 amide bonds. The monoisotopic (exact) mass is 253 g/mol. The number of hydrogen-bond donors (Lipinski definition) is 2. The number of piperidine rings is 1. The summed E-state index contributed by atoms with van der Waals surface area (Å²) >= 11 is 0. The number of carbonyl (C=O) groups is 1. The predicted octanol–water partition coefficient (Wildman–Crippen LogP) is 1.03. The van der Waals surface area contributed by atoms with Crippen LogP contribution in [0.15, 0.2) is 0 Å². The number of rotatable bonds is 3. The van der Waals surface area contributed by atoms with Crippen molar-refractivity contribution >= 4 is 5.91 Å². The molecular formula is C10H18F3N3O. The van der Waals surface area contributed by atoms with Crippen LogP contribution < -0.4 is 11.3 Å². The van der Waals surface area contributed by atoms with Crippen LogP contribution in [-0.4, -0.2) is 36.1 Å². The number of carbonyl (C=O) groups excluding carboxylic acids is 1. The van der Waals surface area contributed by atoms with Gasteiger partial charge in [0, 0.05) is 19.0 Å². The van der Waals surface area contributed by atoms with Crippen molar-refractivity contribution in [2.75, 3.05) is 13.1 Å². The first kappa shape index (κ1) is 14.2. The van der Waals surface area contributed by atoms with E-state index in [-0.39, 0.29) is 31.3 Å². The number of nitrogens with one attached hydrogen (secondary N) is 1. The van der Waals surface area contributed by atoms with Gasteiger partial charge in [-0.2, -0.15) is 13.2 Å². The highest BCUT2D eigenvalue weighted by Crippen LogP contribution is 2.33. The highest BCUT2D eigenvalue weighted by Gasteiger charge is 2.42. The zero-order valence-corrected chi connectivity index (χ0v) is 9.76. The Morgan fingerprint density at radius 3 is 2.76 bits per heavy atom. The third-order valence-corrected chi connectivity index (χ3v) is 3.18. The number of alkyl halides is 3. The summed E-state index contributed by atoms with van der Waals surface area (Å²) < 4.78 is 37.7. The molecular weight excluding hydrogens is 235 g/mol. The molecule has 0 bridgehead atoms. The molecule has 17 heavy (non-hydrogen) atoms. The standard InChI is InChI=1S/C10H18F3N3O/c1-7(5-9(17)15-14)16-4-2-3-8(6-16)10(11,12)13/h7-8H,2-6,14H2,1H3,(H,15,17). The Morgan fingerprint density at radius 1 is 1.59 bits per heavy atom. The number of amides is 1. The van der Waals surface area contributed by atoms with Crippen molar-refractivity contribution in [1.29, 1.82) is 0 Å². The van der Waals surface area contributed by atoms with Crippen LogP contribution in [-0.2, 0) is 4.79 Å². The minimum Gasteiger partial charge on any atom is -0.300 e. The lowest BCUT2D eigenvalue weighted by Crippen LogP contribution is -2.47. The van der Waals surface area contributed by atoms with Gasteiger partial charge in [-0.15, -0.1) is 0 Å². The van der Waals surface area contributed by atoms with E-state index in [1.807, 2.05) is 5.43 Å². The quantitative estimate of drug-likeness (QED) is 0.448. The van der Waals surface area contributed by atoms with Crippen molar-refractivity contribution in [3.8, 4) is 0 Å². The third-order valence-electron chi connectivity index (χ3n) is 3.18. The Hall–Kier alpha value is -0.820. The topological polar surface area (TPSA) is 58.4 Å². The van der Waals surface area contributed by atoms with Gasteiger partial charge in [0.2, 0.25) is 5.91 Å². The first-order chi connectivity index (χ1) is 7.84. The predicted molar refractivity (Wildman–Crippen MR) is 56.8 cm³/mol. The van der Waals surface area contributed by atoms with Gasteiger partial charge in [0.1, 0.15) is 0 Å². The summed E-state index contributed by atoms with van der Waals surface area (Å²) in [5.74, 6) is 3.32. The summed E-state index contributed by atoms with van der Waals surface area (Å²) in [5.41, 5.74) is 1.99. The van der Waals surface area contributed by atoms with Crippen LogP contribution in [0.3, 0.4) is 0 Å². The molecule has 1 saturated heterocycles. The summed E-state index contributed by atoms with van der Waals surface area (Å²) in [7, 11) is 0. The Bertz CT molecular complexity index is 270. The number of nitrogens with zero attached hydrogens (tertiary/aromatic N) is 1. The summed E-state index contributed by atoms with van der Waals surface area (Å²) in [4.78, 5) is 12.8. The average molecular weight is 253 g/mol. The molecule has 1 aliphatic heterocycles. The molecule has 3 N–H and O–H groups in total. The second-order valence-electron chi connectivity index (χ2n) is 4.50. The molecule has 0 aromatic heterocycles. The van der Waals surface area contributed by atoms with Gasteiger partial charge < -0.3 is 0 Å². The minimum atomic E-state index is -4.14. The van der Waals surface area contributed by atoms with Gasteiger partial charge in [0.15, 0.2) is 0 Å². The molecule has 1 heterocycles. The molecule has 7 heteroatoms. The fourth-order valence-corrected chi connectivity index (χ4v) is 2.13. The lowest BCUT2D eigenvalue weighted by Gasteiger charge is -2.37. The second-order valence-corrected chi connectivity index (χ2v) is 4.50. The van der Waals surface area contributed by atoms with Crippen molar-refractivity contribution in [3.05, 3.63) is 0 Å². The number of halogens is 3. The molecule has 0 aromatic rings. The normalized spacial score (nSPS) is 24.4. The van der Waals surface area contributed by atoms with Gasteiger partial charge >= 0.3 is 6.18 Å². The van der Waals surface area contributed by atoms with Crippen LogP contribution in [0, 0.1) is 5.92 Å². The summed E-state index contributed by atoms with van der Waals surface area (Å²) in [5, 5.41) is 0. The molecule has 0 spiro atoms. The van der Waals surface area contributed by atoms with E-state index in [0.717, 1.165) is 0 Å². The van der Waals surface area contributed by atoms with Crippen LogP contribution in [0.5, 0.6) is 0 Å². The van der Waals surface area contributed by atoms with Gasteiger partial charge in [0.05, 0.1) is 5.92 Å². The van der Waals surface area contributed by atoms with Crippen LogP contribution in [0.2, 0.25) is 0 Å². The number of hydrazine groups is 1. The van der Waals surface area contributed by atoms with Gasteiger partial charge in [0.25, 0.3) is 0 Å². The van der Waals surface area contributed by atoms with Crippen molar-refractivity contribution in [2.45, 2.75) is 38.4 Å². The molecule has 1 aliphatic rings. The highest BCUT2D eigenvalue weighted by atomic mass is 19.4. The van der Waals surface area contributed by atoms with Crippen LogP contribution in [0.25, 0.3) is 0 Å². The number of nitrogens with two attached hydrogens (primary N) is 1. The second kappa shape index (κ2) is 5.68. The molecule has 2 unspecified atom stereocenters. The molecule has 1 rings (SSSR count). The van der Waals surface area contributed by atoms with E-state index in [0.29, 0.717) is 13.0 Å². The van der Waals surface area contributed by atoms with E-state index in [1.54, 1.807) is 11.8 Å². The van der Waals surface area contributed by atoms with E-state index < -0.39 is 12.1 Å². The van der Waals surface area contributed by atoms with Crippen LogP contribution in [0.1, 0.15) is 26.2 Å². The van der Waals surface area contributed by atoms with Crippen molar-refractivity contribution < 1.29 is 18.0 Å². The molecule has 0 radical (unpaired) electrons. The maximum absolute atomic E-state index is 12.6. The van der Waals surface area contributed by atoms with E-state index in [1.165, 1.54) is 0 Å². The van der Waals surface area contributed by atoms with Crippen LogP contribution in [0.4, 0.5) is 13.2 Å². The lowest BCUT2D eigenvalue weighted by molar-refractivity contribution is -0.188. The summed E-state index contributed by atoms with van der Waals surface area (Å²) in [6.45, 7) is 2.32. The third kappa shape index (κ3) is 4.16. The molecule has 100 valence electrons. The Morgan fingerprint density at radius 2 is 2.24 bits per heavy atom. The first-order valence-electron chi connectivity index (χ1n) is 5.64. The fraction of sp³-hybridized carbons (Fsp3) is 0.900. The molecule has 0 aromatic carbocycles. The van der Waals surface area contributed by atoms with E-state index in [2.05, 4.69) is 0 Å². The average Bonchev–Trinajstić information content (AvgIpc) is 2.28. The van der Waals surface area contributed by atoms with Gasteiger partial charge in [-0.1, -0.05) is 0 Å². The van der Waals surface area contributed by atoms with Gasteiger partial charge in [-0.25, -0.2) is 5.84 Å². The van der Waals surface area contributed by atoms with Gasteiger partial charge in [-0.3, -0.25) is 15.1 Å². The SMILES string of the molecule is CC(CC(=O)NN)N1CCCC(C(F)(F)F)C1. The number of hydrogen-bond acceptors (Lipinski definition) is 3. The Balaban J connectivity index is 2.51. The zero-order chi connectivity index (χ0) is 13.1. The smallest absolute Gasteiger partial charge is 0.300 e. The minimum absolute atomic E-state index is 0.0253. The molecule has 0 saturated carbocycles. The van der Waals surface area contributed by atoms with Crippen LogP contribution >= 0.6 is 0 Å². The van der Waals surface area contributed by atoms with E-state index >= 15 is 0 Å². The fourth-order valence-electron chi connectivity index (χ4n) is 2.13. The maximum atomic E-state index is 12.6. The zero-order valence-electron chi connectivity index (χ0n) is 9.76. The number of likely N-dealkylation sites (tertiary alicyclic amines) is 1. The summed E-state index contributed by atoms with van der Waals surface area (Å²) in [6, 6.07) is -0.219. The van der Waals surface area contributed by atoms with Crippen molar-refractivity contribution in [2.24, 2.45) is 11.8 Å². The summed E-state index contributed by atoms with van der Waals surface area (Å²) in [6.07, 6.45) is -3.33. The molecule has 2 atom stereocenters. The Labute approximate surface area is 98.3 Å².